The zero-order valence-corrected chi connectivity index (χ0v) is 36.0. The Kier molecular flexibility index (Phi) is 7.27. The van der Waals surface area contributed by atoms with Gasteiger partial charge in [0.15, 0.2) is 0 Å². The molecule has 11 aromatic rings. The van der Waals surface area contributed by atoms with Crippen LogP contribution in [0.25, 0.3) is 54.9 Å². The van der Waals surface area contributed by atoms with Crippen molar-refractivity contribution in [3.63, 3.8) is 0 Å². The first kappa shape index (κ1) is 36.0. The third kappa shape index (κ3) is 4.61. The minimum Gasteiger partial charge on any atom is -0.311 e. The number of hydrogen-bond donors (Lipinski definition) is 0. The van der Waals surface area contributed by atoms with Crippen LogP contribution in [0, 0.1) is 0 Å². The predicted molar refractivity (Wildman–Crippen MR) is 277 cm³/mol. The lowest BCUT2D eigenvalue weighted by molar-refractivity contribution is 0.794. The molecule has 0 bridgehead atoms. The van der Waals surface area contributed by atoms with Crippen molar-refractivity contribution in [3.8, 4) is 33.4 Å². The van der Waals surface area contributed by atoms with Gasteiger partial charge in [0, 0.05) is 44.9 Å². The molecule has 0 aromatic heterocycles. The Morgan fingerprint density at radius 3 is 1.24 bits per heavy atom. The summed E-state index contributed by atoms with van der Waals surface area (Å²) < 4.78 is 0. The SMILES string of the molecule is c1ccc(N2c3cc(-c4ccc5c(c4)C4(c6ccccc6-c6ccccc64)c4ccccc4-5)cc4c3B(c3ccc5ccccc5c32)c2ccc3ccccc3c2N4c2ccccc2)cc1. The van der Waals surface area contributed by atoms with Crippen LogP contribution in [-0.2, 0) is 5.41 Å². The molecule has 15 rings (SSSR count). The molecule has 0 radical (unpaired) electrons. The normalized spacial score (nSPS) is 14.1. The Hall–Kier alpha value is -8.40. The van der Waals surface area contributed by atoms with Crippen LogP contribution in [0.1, 0.15) is 22.3 Å². The summed E-state index contributed by atoms with van der Waals surface area (Å²) >= 11 is 0. The molecule has 4 aliphatic rings. The molecule has 2 aliphatic heterocycles. The largest absolute Gasteiger partial charge is 0.311 e. The van der Waals surface area contributed by atoms with Crippen molar-refractivity contribution >= 4 is 78.8 Å². The molecular formula is C63H39BN2. The van der Waals surface area contributed by atoms with Crippen LogP contribution < -0.4 is 26.2 Å². The molecule has 0 saturated carbocycles. The highest BCUT2D eigenvalue weighted by Crippen LogP contribution is 2.63. The van der Waals surface area contributed by atoms with Gasteiger partial charge in [-0.3, -0.25) is 0 Å². The second-order valence-corrected chi connectivity index (χ2v) is 18.3. The van der Waals surface area contributed by atoms with E-state index in [1.807, 2.05) is 0 Å². The van der Waals surface area contributed by atoms with Crippen LogP contribution in [0.4, 0.5) is 34.1 Å². The van der Waals surface area contributed by atoms with Gasteiger partial charge in [-0.15, -0.1) is 0 Å². The average Bonchev–Trinajstić information content (AvgIpc) is 3.86. The van der Waals surface area contributed by atoms with Gasteiger partial charge in [-0.1, -0.05) is 194 Å². The van der Waals surface area contributed by atoms with Crippen molar-refractivity contribution in [2.45, 2.75) is 5.41 Å². The first-order valence-electron chi connectivity index (χ1n) is 23.1. The molecule has 3 heteroatoms. The van der Waals surface area contributed by atoms with E-state index >= 15 is 0 Å². The van der Waals surface area contributed by atoms with Gasteiger partial charge in [0.25, 0.3) is 6.71 Å². The van der Waals surface area contributed by atoms with Crippen molar-refractivity contribution < 1.29 is 0 Å². The summed E-state index contributed by atoms with van der Waals surface area (Å²) in [6.45, 7) is -0.00697. The molecule has 0 atom stereocenters. The summed E-state index contributed by atoms with van der Waals surface area (Å²) in [5.41, 5.74) is 23.8. The molecule has 2 heterocycles. The van der Waals surface area contributed by atoms with E-state index in [1.54, 1.807) is 0 Å². The van der Waals surface area contributed by atoms with Gasteiger partial charge in [-0.2, -0.15) is 0 Å². The lowest BCUT2D eigenvalue weighted by Crippen LogP contribution is -2.61. The van der Waals surface area contributed by atoms with E-state index in [0.29, 0.717) is 0 Å². The molecule has 1 spiro atoms. The van der Waals surface area contributed by atoms with Crippen LogP contribution in [0.3, 0.4) is 0 Å². The van der Waals surface area contributed by atoms with Gasteiger partial charge in [-0.05, 0) is 125 Å². The molecule has 11 aromatic carbocycles. The van der Waals surface area contributed by atoms with Gasteiger partial charge in [0.2, 0.25) is 0 Å². The Morgan fingerprint density at radius 1 is 0.318 bits per heavy atom. The van der Waals surface area contributed by atoms with E-state index in [2.05, 4.69) is 246 Å². The molecular weight excluding hydrogens is 796 g/mol. The fourth-order valence-electron chi connectivity index (χ4n) is 12.6. The summed E-state index contributed by atoms with van der Waals surface area (Å²) in [5.74, 6) is 0. The van der Waals surface area contributed by atoms with Gasteiger partial charge in [0.1, 0.15) is 0 Å². The van der Waals surface area contributed by atoms with Crippen molar-refractivity contribution in [3.05, 3.63) is 259 Å². The van der Waals surface area contributed by atoms with Crippen LogP contribution in [-0.4, -0.2) is 6.71 Å². The number of benzene rings is 11. The predicted octanol–water partition coefficient (Wildman–Crippen LogP) is 14.1. The van der Waals surface area contributed by atoms with Crippen molar-refractivity contribution in [1.29, 1.82) is 0 Å². The highest BCUT2D eigenvalue weighted by atomic mass is 15.2. The average molecular weight is 835 g/mol. The Labute approximate surface area is 384 Å². The van der Waals surface area contributed by atoms with Crippen LogP contribution in [0.15, 0.2) is 237 Å². The number of para-hydroxylation sites is 2. The van der Waals surface area contributed by atoms with E-state index in [9.17, 15) is 0 Å². The van der Waals surface area contributed by atoms with Gasteiger partial charge in [-0.25, -0.2) is 0 Å². The molecule has 66 heavy (non-hydrogen) atoms. The van der Waals surface area contributed by atoms with Crippen LogP contribution in [0.2, 0.25) is 0 Å². The van der Waals surface area contributed by atoms with E-state index in [4.69, 9.17) is 0 Å². The molecule has 0 unspecified atom stereocenters. The van der Waals surface area contributed by atoms with Gasteiger partial charge >= 0.3 is 0 Å². The van der Waals surface area contributed by atoms with E-state index in [1.165, 1.54) is 116 Å². The highest BCUT2D eigenvalue weighted by Gasteiger charge is 2.52. The molecule has 0 saturated heterocycles. The Bertz CT molecular complexity index is 3640. The second kappa shape index (κ2) is 13.3. The van der Waals surface area contributed by atoms with Crippen LogP contribution >= 0.6 is 0 Å². The fraction of sp³-hybridized carbons (Fsp3) is 0.0159. The third-order valence-electron chi connectivity index (χ3n) is 15.2. The number of anilines is 6. The lowest BCUT2D eigenvalue weighted by Gasteiger charge is -2.45. The summed E-state index contributed by atoms with van der Waals surface area (Å²) in [5, 5.41) is 4.97. The first-order valence-corrected chi connectivity index (χ1v) is 23.1. The molecule has 0 amide bonds. The zero-order valence-electron chi connectivity index (χ0n) is 36.0. The maximum Gasteiger partial charge on any atom is 0.252 e. The molecule has 0 fully saturated rings. The molecule has 304 valence electrons. The second-order valence-electron chi connectivity index (χ2n) is 18.3. The van der Waals surface area contributed by atoms with Crippen LogP contribution in [0.5, 0.6) is 0 Å². The molecule has 2 nitrogen and oxygen atoms in total. The van der Waals surface area contributed by atoms with Gasteiger partial charge < -0.3 is 9.80 Å². The summed E-state index contributed by atoms with van der Waals surface area (Å²) in [6, 6.07) is 89.1. The van der Waals surface area contributed by atoms with Crippen molar-refractivity contribution in [2.24, 2.45) is 0 Å². The quantitative estimate of drug-likeness (QED) is 0.164. The van der Waals surface area contributed by atoms with E-state index in [0.717, 1.165) is 11.4 Å². The standard InChI is InChI=1S/C63H39BN2/c1-3-19-44(20-4-1)65-58-38-43(42-31-34-51-50-27-13-16-30-54(50)63(55(51)37-42)52-28-14-11-25-48(52)49-26-12-15-29-53(49)63)39-59-60(58)64(56-35-32-40-17-7-9-23-46(40)61(56)65)57-36-33-41-18-8-10-24-47(41)62(57)66(59)45-21-5-2-6-22-45/h1-39H. The zero-order chi connectivity index (χ0) is 43.1. The minimum atomic E-state index is -0.440. The maximum atomic E-state index is 2.57. The third-order valence-corrected chi connectivity index (χ3v) is 15.2. The van der Waals surface area contributed by atoms with Gasteiger partial charge in [0.05, 0.1) is 5.41 Å². The summed E-state index contributed by atoms with van der Waals surface area (Å²) in [4.78, 5) is 5.14. The van der Waals surface area contributed by atoms with Crippen molar-refractivity contribution in [2.75, 3.05) is 9.80 Å². The number of nitrogens with zero attached hydrogens (tertiary/aromatic N) is 2. The lowest BCUT2D eigenvalue weighted by atomic mass is 9.33. The minimum absolute atomic E-state index is 0.00697. The summed E-state index contributed by atoms with van der Waals surface area (Å²) in [7, 11) is 0. The topological polar surface area (TPSA) is 6.48 Å². The van der Waals surface area contributed by atoms with E-state index in [-0.39, 0.29) is 6.71 Å². The number of hydrogen-bond acceptors (Lipinski definition) is 2. The monoisotopic (exact) mass is 834 g/mol. The fourth-order valence-corrected chi connectivity index (χ4v) is 12.6. The Morgan fingerprint density at radius 2 is 0.742 bits per heavy atom. The number of fused-ring (bicyclic) bond motifs is 18. The maximum absolute atomic E-state index is 2.57. The Balaban J connectivity index is 1.07. The molecule has 0 N–H and O–H groups in total. The highest BCUT2D eigenvalue weighted by molar-refractivity contribution is 7.00. The molecule has 2 aliphatic carbocycles. The summed E-state index contributed by atoms with van der Waals surface area (Å²) in [6.07, 6.45) is 0. The smallest absolute Gasteiger partial charge is 0.252 e. The first-order chi connectivity index (χ1) is 32.8. The van der Waals surface area contributed by atoms with E-state index < -0.39 is 5.41 Å². The number of rotatable bonds is 3. The van der Waals surface area contributed by atoms with Crippen molar-refractivity contribution in [1.82, 2.24) is 0 Å².